The number of halogens is 1. The van der Waals surface area contributed by atoms with E-state index in [0.717, 1.165) is 19.6 Å². The maximum absolute atomic E-state index is 12.4. The van der Waals surface area contributed by atoms with Crippen molar-refractivity contribution in [3.05, 3.63) is 0 Å². The molecular weight excluding hydrogens is 191 g/mol. The van der Waals surface area contributed by atoms with Crippen molar-refractivity contribution in [1.29, 1.82) is 0 Å². The minimum absolute atomic E-state index is 0.198. The maximum atomic E-state index is 12.4. The molecule has 2 aliphatic rings. The van der Waals surface area contributed by atoms with E-state index in [1.807, 2.05) is 0 Å². The smallest absolute Gasteiger partial charge is 0.102 e. The van der Waals surface area contributed by atoms with Gasteiger partial charge >= 0.3 is 0 Å². The van der Waals surface area contributed by atoms with Gasteiger partial charge in [-0.25, -0.2) is 4.39 Å². The van der Waals surface area contributed by atoms with Crippen LogP contribution >= 0.6 is 0 Å². The lowest BCUT2D eigenvalue weighted by atomic mass is 9.81. The maximum Gasteiger partial charge on any atom is 0.102 e. The molecule has 0 radical (unpaired) electrons. The predicted octanol–water partition coefficient (Wildman–Crippen LogP) is 1.95. The van der Waals surface area contributed by atoms with Crippen LogP contribution in [0.2, 0.25) is 0 Å². The Morgan fingerprint density at radius 3 is 2.67 bits per heavy atom. The van der Waals surface area contributed by atoms with E-state index >= 15 is 0 Å². The lowest BCUT2D eigenvalue weighted by Gasteiger charge is -2.39. The minimum atomic E-state index is -0.198. The van der Waals surface area contributed by atoms with Crippen LogP contribution in [0.25, 0.3) is 0 Å². The highest BCUT2D eigenvalue weighted by atomic mass is 19.1. The van der Waals surface area contributed by atoms with Gasteiger partial charge in [-0.05, 0) is 32.4 Å². The topological polar surface area (TPSA) is 15.3 Å². The summed E-state index contributed by atoms with van der Waals surface area (Å²) in [6, 6.07) is 0. The first-order valence-corrected chi connectivity index (χ1v) is 6.38. The Labute approximate surface area is 92.2 Å². The normalized spacial score (nSPS) is 27.8. The summed E-state index contributed by atoms with van der Waals surface area (Å²) in [5, 5.41) is 3.72. The van der Waals surface area contributed by atoms with Gasteiger partial charge in [-0.1, -0.05) is 19.3 Å². The van der Waals surface area contributed by atoms with E-state index in [1.165, 1.54) is 38.5 Å². The molecule has 1 spiro atoms. The van der Waals surface area contributed by atoms with Crippen molar-refractivity contribution < 1.29 is 4.39 Å². The van der Waals surface area contributed by atoms with Gasteiger partial charge in [0.25, 0.3) is 0 Å². The minimum Gasteiger partial charge on any atom is -0.310 e. The van der Waals surface area contributed by atoms with E-state index in [9.17, 15) is 4.39 Å². The first kappa shape index (κ1) is 11.3. The van der Waals surface area contributed by atoms with E-state index in [-0.39, 0.29) is 6.67 Å². The lowest BCUT2D eigenvalue weighted by Crippen LogP contribution is -2.52. The molecule has 1 saturated heterocycles. The van der Waals surface area contributed by atoms with Gasteiger partial charge in [0.15, 0.2) is 0 Å². The molecule has 3 heteroatoms. The number of nitrogens with zero attached hydrogens (tertiary/aromatic N) is 1. The first-order chi connectivity index (χ1) is 7.35. The van der Waals surface area contributed by atoms with Gasteiger partial charge in [-0.3, -0.25) is 4.90 Å². The number of hydrogen-bond acceptors (Lipinski definition) is 2. The van der Waals surface area contributed by atoms with Crippen molar-refractivity contribution in [3.63, 3.8) is 0 Å². The lowest BCUT2D eigenvalue weighted by molar-refractivity contribution is 0.157. The Kier molecular flexibility index (Phi) is 3.98. The quantitative estimate of drug-likeness (QED) is 0.756. The zero-order valence-corrected chi connectivity index (χ0v) is 9.60. The highest BCUT2D eigenvalue weighted by molar-refractivity contribution is 4.95. The van der Waals surface area contributed by atoms with Crippen LogP contribution < -0.4 is 5.32 Å². The molecule has 1 saturated carbocycles. The summed E-state index contributed by atoms with van der Waals surface area (Å²) in [4.78, 5) is 2.31. The Morgan fingerprint density at radius 1 is 1.13 bits per heavy atom. The van der Waals surface area contributed by atoms with Crippen molar-refractivity contribution in [1.82, 2.24) is 10.2 Å². The van der Waals surface area contributed by atoms with Gasteiger partial charge in [0, 0.05) is 18.6 Å². The van der Waals surface area contributed by atoms with Crippen LogP contribution in [0.15, 0.2) is 0 Å². The van der Waals surface area contributed by atoms with E-state index in [4.69, 9.17) is 0 Å². The van der Waals surface area contributed by atoms with Crippen LogP contribution in [-0.2, 0) is 0 Å². The van der Waals surface area contributed by atoms with E-state index in [0.29, 0.717) is 12.1 Å². The first-order valence-electron chi connectivity index (χ1n) is 6.38. The standard InChI is InChI=1S/C12H23FN2/c13-7-10-15-9-4-8-14-12(11-15)5-2-1-3-6-12/h14H,1-11H2. The van der Waals surface area contributed by atoms with E-state index < -0.39 is 0 Å². The molecule has 0 amide bonds. The van der Waals surface area contributed by atoms with Crippen LogP contribution in [-0.4, -0.2) is 43.3 Å². The van der Waals surface area contributed by atoms with Crippen LogP contribution in [0.4, 0.5) is 4.39 Å². The second-order valence-electron chi connectivity index (χ2n) is 5.09. The molecule has 2 rings (SSSR count). The predicted molar refractivity (Wildman–Crippen MR) is 60.9 cm³/mol. The third kappa shape index (κ3) is 2.91. The third-order valence-electron chi connectivity index (χ3n) is 3.89. The fourth-order valence-corrected chi connectivity index (χ4v) is 3.09. The van der Waals surface area contributed by atoms with Crippen LogP contribution in [0.5, 0.6) is 0 Å². The molecule has 2 nitrogen and oxygen atoms in total. The molecule has 0 aromatic rings. The van der Waals surface area contributed by atoms with Gasteiger partial charge in [0.05, 0.1) is 0 Å². The summed E-state index contributed by atoms with van der Waals surface area (Å²) >= 11 is 0. The average molecular weight is 214 g/mol. The average Bonchev–Trinajstić information content (AvgIpc) is 2.43. The Bertz CT molecular complexity index is 190. The Balaban J connectivity index is 1.96. The van der Waals surface area contributed by atoms with Gasteiger partial charge < -0.3 is 5.32 Å². The fraction of sp³-hybridized carbons (Fsp3) is 1.00. The van der Waals surface area contributed by atoms with Crippen LogP contribution in [0.1, 0.15) is 38.5 Å². The van der Waals surface area contributed by atoms with Gasteiger partial charge in [0.1, 0.15) is 6.67 Å². The molecule has 0 aromatic carbocycles. The number of rotatable bonds is 2. The molecule has 0 atom stereocenters. The second-order valence-corrected chi connectivity index (χ2v) is 5.09. The molecule has 0 unspecified atom stereocenters. The molecule has 1 aliphatic carbocycles. The van der Waals surface area contributed by atoms with Crippen LogP contribution in [0.3, 0.4) is 0 Å². The zero-order valence-electron chi connectivity index (χ0n) is 9.60. The summed E-state index contributed by atoms with van der Waals surface area (Å²) in [7, 11) is 0. The number of hydrogen-bond donors (Lipinski definition) is 1. The third-order valence-corrected chi connectivity index (χ3v) is 3.89. The molecule has 0 bridgehead atoms. The van der Waals surface area contributed by atoms with Crippen molar-refractivity contribution in [2.24, 2.45) is 0 Å². The fourth-order valence-electron chi connectivity index (χ4n) is 3.09. The summed E-state index contributed by atoms with van der Waals surface area (Å²) in [5.41, 5.74) is 0.323. The summed E-state index contributed by atoms with van der Waals surface area (Å²) < 4.78 is 12.4. The molecule has 15 heavy (non-hydrogen) atoms. The molecule has 1 heterocycles. The highest BCUT2D eigenvalue weighted by Crippen LogP contribution is 2.30. The molecule has 1 N–H and O–H groups in total. The monoisotopic (exact) mass is 214 g/mol. The molecule has 1 aliphatic heterocycles. The second kappa shape index (κ2) is 5.26. The van der Waals surface area contributed by atoms with Crippen LogP contribution in [0, 0.1) is 0 Å². The number of alkyl halides is 1. The summed E-state index contributed by atoms with van der Waals surface area (Å²) in [6.45, 7) is 3.68. The van der Waals surface area contributed by atoms with Gasteiger partial charge in [0.2, 0.25) is 0 Å². The van der Waals surface area contributed by atoms with Crippen molar-refractivity contribution in [3.8, 4) is 0 Å². The summed E-state index contributed by atoms with van der Waals surface area (Å²) in [5.74, 6) is 0. The van der Waals surface area contributed by atoms with Gasteiger partial charge in [-0.2, -0.15) is 0 Å². The van der Waals surface area contributed by atoms with Crippen molar-refractivity contribution >= 4 is 0 Å². The van der Waals surface area contributed by atoms with Crippen molar-refractivity contribution in [2.75, 3.05) is 32.9 Å². The molecule has 2 fully saturated rings. The molecule has 88 valence electrons. The number of nitrogens with one attached hydrogen (secondary N) is 1. The van der Waals surface area contributed by atoms with E-state index in [2.05, 4.69) is 10.2 Å². The largest absolute Gasteiger partial charge is 0.310 e. The zero-order chi connectivity index (χ0) is 10.6. The SMILES string of the molecule is FCCN1CCCNC2(CCCCC2)C1. The summed E-state index contributed by atoms with van der Waals surface area (Å²) in [6.07, 6.45) is 7.81. The van der Waals surface area contributed by atoms with Crippen molar-refractivity contribution in [2.45, 2.75) is 44.1 Å². The molecule has 0 aromatic heterocycles. The van der Waals surface area contributed by atoms with E-state index in [1.54, 1.807) is 0 Å². The Hall–Kier alpha value is -0.150. The Morgan fingerprint density at radius 2 is 1.93 bits per heavy atom. The highest BCUT2D eigenvalue weighted by Gasteiger charge is 2.34. The van der Waals surface area contributed by atoms with Gasteiger partial charge in [-0.15, -0.1) is 0 Å². The molecular formula is C12H23FN2.